The van der Waals surface area contributed by atoms with Gasteiger partial charge in [0.15, 0.2) is 5.75 Å². The molecule has 144 valence electrons. The van der Waals surface area contributed by atoms with E-state index in [-0.39, 0.29) is 28.2 Å². The second-order valence-electron chi connectivity index (χ2n) is 5.58. The Kier molecular flexibility index (Phi) is 4.91. The SMILES string of the molecule is CC(C)Sc1cc2[nH]c(-n3cc(OC(=O)O)cn3)nc2cc1OC(F)(F)F. The Balaban J connectivity index is 2.00. The van der Waals surface area contributed by atoms with Crippen molar-refractivity contribution in [3.8, 4) is 17.4 Å². The average molecular weight is 402 g/mol. The van der Waals surface area contributed by atoms with Crippen molar-refractivity contribution in [3.63, 3.8) is 0 Å². The Morgan fingerprint density at radius 1 is 1.37 bits per heavy atom. The number of benzene rings is 1. The molecule has 8 nitrogen and oxygen atoms in total. The fourth-order valence-electron chi connectivity index (χ4n) is 2.24. The molecule has 0 atom stereocenters. The summed E-state index contributed by atoms with van der Waals surface area (Å²) in [5, 5.41) is 12.5. The molecule has 0 fully saturated rings. The maximum Gasteiger partial charge on any atom is 0.573 e. The van der Waals surface area contributed by atoms with Crippen molar-refractivity contribution in [3.05, 3.63) is 24.5 Å². The van der Waals surface area contributed by atoms with Crippen molar-refractivity contribution >= 4 is 29.0 Å². The number of carboxylic acid groups (broad SMARTS) is 1. The highest BCUT2D eigenvalue weighted by atomic mass is 32.2. The van der Waals surface area contributed by atoms with E-state index in [1.807, 2.05) is 13.8 Å². The van der Waals surface area contributed by atoms with Crippen LogP contribution in [0, 0.1) is 0 Å². The first-order valence-corrected chi connectivity index (χ1v) is 8.40. The van der Waals surface area contributed by atoms with E-state index in [2.05, 4.69) is 24.5 Å². The summed E-state index contributed by atoms with van der Waals surface area (Å²) in [6.45, 7) is 3.69. The highest BCUT2D eigenvalue weighted by Crippen LogP contribution is 2.38. The van der Waals surface area contributed by atoms with E-state index in [0.29, 0.717) is 10.4 Å². The third-order valence-corrected chi connectivity index (χ3v) is 4.15. The predicted molar refractivity (Wildman–Crippen MR) is 89.5 cm³/mol. The van der Waals surface area contributed by atoms with Gasteiger partial charge < -0.3 is 19.6 Å². The van der Waals surface area contributed by atoms with Gasteiger partial charge in [0.05, 0.1) is 28.3 Å². The standard InChI is InChI=1S/C15H13F3N4O4S/c1-7(2)27-12-4-10-9(3-11(12)26-15(16,17)18)20-13(21-10)22-6-8(5-19-22)25-14(23)24/h3-7H,1-2H3,(H,20,21)(H,23,24). The summed E-state index contributed by atoms with van der Waals surface area (Å²) >= 11 is 1.22. The number of nitrogens with zero attached hydrogens (tertiary/aromatic N) is 3. The zero-order chi connectivity index (χ0) is 19.8. The Hall–Kier alpha value is -2.89. The number of H-pyrrole nitrogens is 1. The molecule has 3 rings (SSSR count). The largest absolute Gasteiger partial charge is 0.573 e. The Labute approximate surface area is 154 Å². The van der Waals surface area contributed by atoms with Crippen LogP contribution in [0.1, 0.15) is 13.8 Å². The van der Waals surface area contributed by atoms with Crippen molar-refractivity contribution in [2.75, 3.05) is 0 Å². The van der Waals surface area contributed by atoms with E-state index in [0.717, 1.165) is 0 Å². The van der Waals surface area contributed by atoms with E-state index in [9.17, 15) is 18.0 Å². The van der Waals surface area contributed by atoms with Crippen LogP contribution in [0.5, 0.6) is 11.5 Å². The third kappa shape index (κ3) is 4.64. The lowest BCUT2D eigenvalue weighted by molar-refractivity contribution is -0.275. The lowest BCUT2D eigenvalue weighted by Crippen LogP contribution is -2.17. The molecule has 2 N–H and O–H groups in total. The van der Waals surface area contributed by atoms with Crippen molar-refractivity contribution < 1.29 is 32.5 Å². The molecule has 12 heteroatoms. The summed E-state index contributed by atoms with van der Waals surface area (Å²) in [6, 6.07) is 2.70. The van der Waals surface area contributed by atoms with Gasteiger partial charge in [-0.15, -0.1) is 24.9 Å². The Morgan fingerprint density at radius 3 is 2.74 bits per heavy atom. The number of hydrogen-bond acceptors (Lipinski definition) is 6. The maximum absolute atomic E-state index is 12.7. The molecule has 0 aliphatic heterocycles. The van der Waals surface area contributed by atoms with Crippen LogP contribution < -0.4 is 9.47 Å². The first-order valence-electron chi connectivity index (χ1n) is 7.52. The molecule has 0 aliphatic rings. The summed E-state index contributed by atoms with van der Waals surface area (Å²) in [4.78, 5) is 17.9. The van der Waals surface area contributed by atoms with Gasteiger partial charge in [-0.3, -0.25) is 0 Å². The lowest BCUT2D eigenvalue weighted by atomic mass is 10.3. The van der Waals surface area contributed by atoms with Crippen LogP contribution in [0.3, 0.4) is 0 Å². The number of nitrogens with one attached hydrogen (secondary N) is 1. The first-order chi connectivity index (χ1) is 12.6. The Bertz CT molecular complexity index is 983. The summed E-state index contributed by atoms with van der Waals surface area (Å²) in [5.74, 6) is -0.197. The number of halogens is 3. The molecule has 0 saturated carbocycles. The number of imidazole rings is 1. The minimum absolute atomic E-state index is 0.0277. The number of alkyl halides is 3. The number of carbonyl (C=O) groups is 1. The average Bonchev–Trinajstić information content (AvgIpc) is 3.11. The van der Waals surface area contributed by atoms with Gasteiger partial charge in [0.25, 0.3) is 0 Å². The van der Waals surface area contributed by atoms with E-state index in [1.165, 1.54) is 41.0 Å². The van der Waals surface area contributed by atoms with E-state index in [4.69, 9.17) is 5.11 Å². The summed E-state index contributed by atoms with van der Waals surface area (Å²) < 4.78 is 47.9. The molecule has 0 aliphatic carbocycles. The van der Waals surface area contributed by atoms with Crippen molar-refractivity contribution in [2.24, 2.45) is 0 Å². The highest BCUT2D eigenvalue weighted by Gasteiger charge is 2.32. The molecular formula is C15H13F3N4O4S. The highest BCUT2D eigenvalue weighted by molar-refractivity contribution is 8.00. The molecular weight excluding hydrogens is 389 g/mol. The lowest BCUT2D eigenvalue weighted by Gasteiger charge is -2.14. The number of fused-ring (bicyclic) bond motifs is 1. The molecule has 2 heterocycles. The number of thioether (sulfide) groups is 1. The first kappa shape index (κ1) is 18.9. The van der Waals surface area contributed by atoms with E-state index < -0.39 is 12.5 Å². The van der Waals surface area contributed by atoms with Crippen LogP contribution in [0.2, 0.25) is 0 Å². The number of rotatable bonds is 5. The quantitative estimate of drug-likeness (QED) is 0.487. The molecule has 2 aromatic heterocycles. The van der Waals surface area contributed by atoms with Gasteiger partial charge in [-0.05, 0) is 6.07 Å². The molecule has 3 aromatic rings. The van der Waals surface area contributed by atoms with Crippen LogP contribution in [-0.2, 0) is 0 Å². The molecule has 27 heavy (non-hydrogen) atoms. The van der Waals surface area contributed by atoms with Gasteiger partial charge in [0.1, 0.15) is 5.75 Å². The Morgan fingerprint density at radius 2 is 2.11 bits per heavy atom. The minimum atomic E-state index is -4.83. The molecule has 1 aromatic carbocycles. The number of aromatic amines is 1. The predicted octanol–water partition coefficient (Wildman–Crippen LogP) is 4.20. The molecule has 0 unspecified atom stereocenters. The molecule has 0 radical (unpaired) electrons. The van der Waals surface area contributed by atoms with Crippen LogP contribution in [0.4, 0.5) is 18.0 Å². The van der Waals surface area contributed by atoms with Gasteiger partial charge in [-0.2, -0.15) is 5.10 Å². The number of ether oxygens (including phenoxy) is 2. The van der Waals surface area contributed by atoms with Gasteiger partial charge in [-0.1, -0.05) is 13.8 Å². The zero-order valence-corrected chi connectivity index (χ0v) is 14.8. The normalized spacial score (nSPS) is 11.9. The van der Waals surface area contributed by atoms with Gasteiger partial charge in [-0.25, -0.2) is 14.5 Å². The van der Waals surface area contributed by atoms with Crippen molar-refractivity contribution in [2.45, 2.75) is 30.4 Å². The van der Waals surface area contributed by atoms with Crippen LogP contribution in [-0.4, -0.2) is 42.6 Å². The number of aromatic nitrogens is 4. The second-order valence-corrected chi connectivity index (χ2v) is 7.20. The fraction of sp³-hybridized carbons (Fsp3) is 0.267. The monoisotopic (exact) mass is 402 g/mol. The minimum Gasteiger partial charge on any atom is -0.449 e. The summed E-state index contributed by atoms with van der Waals surface area (Å²) in [6.07, 6.45) is -3.89. The molecule has 0 saturated heterocycles. The maximum atomic E-state index is 12.7. The zero-order valence-electron chi connectivity index (χ0n) is 13.9. The van der Waals surface area contributed by atoms with Gasteiger partial charge in [0, 0.05) is 11.3 Å². The van der Waals surface area contributed by atoms with Crippen molar-refractivity contribution in [1.29, 1.82) is 0 Å². The van der Waals surface area contributed by atoms with E-state index >= 15 is 0 Å². The second kappa shape index (κ2) is 7.02. The van der Waals surface area contributed by atoms with Gasteiger partial charge >= 0.3 is 12.5 Å². The van der Waals surface area contributed by atoms with Crippen LogP contribution in [0.25, 0.3) is 17.0 Å². The van der Waals surface area contributed by atoms with E-state index in [1.54, 1.807) is 0 Å². The van der Waals surface area contributed by atoms with Gasteiger partial charge in [0.2, 0.25) is 5.95 Å². The topological polar surface area (TPSA) is 102 Å². The van der Waals surface area contributed by atoms with Crippen LogP contribution in [0.15, 0.2) is 29.4 Å². The summed E-state index contributed by atoms with van der Waals surface area (Å²) in [7, 11) is 0. The van der Waals surface area contributed by atoms with Crippen LogP contribution >= 0.6 is 11.8 Å². The smallest absolute Gasteiger partial charge is 0.449 e. The molecule has 0 bridgehead atoms. The fourth-order valence-corrected chi connectivity index (χ4v) is 3.15. The molecule has 0 amide bonds. The summed E-state index contributed by atoms with van der Waals surface area (Å²) in [5.41, 5.74) is 0.701. The molecule has 0 spiro atoms. The number of hydrogen-bond donors (Lipinski definition) is 2. The van der Waals surface area contributed by atoms with Crippen molar-refractivity contribution in [1.82, 2.24) is 19.7 Å². The third-order valence-electron chi connectivity index (χ3n) is 3.10.